The van der Waals surface area contributed by atoms with E-state index in [1.54, 1.807) is 30.2 Å². The van der Waals surface area contributed by atoms with Crippen LogP contribution in [0.5, 0.6) is 0 Å². The van der Waals surface area contributed by atoms with Crippen LogP contribution in [0.4, 0.5) is 0 Å². The number of benzene rings is 2. The van der Waals surface area contributed by atoms with E-state index in [0.29, 0.717) is 12.0 Å². The third-order valence-corrected chi connectivity index (χ3v) is 5.57. The van der Waals surface area contributed by atoms with Gasteiger partial charge in [-0.05, 0) is 58.9 Å². The highest BCUT2D eigenvalue weighted by Gasteiger charge is 2.23. The monoisotopic (exact) mass is 446 g/mol. The molecule has 2 aromatic carbocycles. The van der Waals surface area contributed by atoms with Gasteiger partial charge < -0.3 is 10.1 Å². The molecule has 5 nitrogen and oxygen atoms in total. The molecule has 0 bridgehead atoms. The van der Waals surface area contributed by atoms with Crippen molar-refractivity contribution >= 4 is 35.8 Å². The van der Waals surface area contributed by atoms with Gasteiger partial charge in [-0.1, -0.05) is 54.6 Å². The van der Waals surface area contributed by atoms with Crippen molar-refractivity contribution in [2.24, 2.45) is 0 Å². The maximum Gasteiger partial charge on any atom is 0.328 e. The number of esters is 1. The van der Waals surface area contributed by atoms with Crippen molar-refractivity contribution in [3.63, 3.8) is 0 Å². The standard InChI is InChI=1S/C26H26N2O3S/c1-31-26(30)24(14-16-32-2)28-25(29)22-13-12-19(10-11-20-7-6-15-27-18-20)17-23(22)21-8-4-3-5-9-21/h3-13,15,17-18,24H,14,16H2,1-2H3,(H,28,29)/b11-10+/t24-/m0/s1. The molecule has 1 atom stereocenters. The van der Waals surface area contributed by atoms with Crippen molar-refractivity contribution < 1.29 is 14.3 Å². The maximum atomic E-state index is 13.2. The lowest BCUT2D eigenvalue weighted by Crippen LogP contribution is -2.42. The number of thioether (sulfide) groups is 1. The Kier molecular flexibility index (Phi) is 8.63. The Morgan fingerprint density at radius 2 is 1.84 bits per heavy atom. The summed E-state index contributed by atoms with van der Waals surface area (Å²) in [5.41, 5.74) is 4.17. The molecule has 0 spiro atoms. The molecular weight excluding hydrogens is 420 g/mol. The van der Waals surface area contributed by atoms with Crippen LogP contribution in [-0.2, 0) is 9.53 Å². The Bertz CT molecular complexity index is 1070. The third kappa shape index (κ3) is 6.31. The summed E-state index contributed by atoms with van der Waals surface area (Å²) in [7, 11) is 1.33. The van der Waals surface area contributed by atoms with Gasteiger partial charge >= 0.3 is 5.97 Å². The van der Waals surface area contributed by atoms with Crippen LogP contribution >= 0.6 is 11.8 Å². The molecule has 1 amide bonds. The summed E-state index contributed by atoms with van der Waals surface area (Å²) in [5.74, 6) is -0.00300. The first-order valence-electron chi connectivity index (χ1n) is 10.3. The summed E-state index contributed by atoms with van der Waals surface area (Å²) >= 11 is 1.62. The van der Waals surface area contributed by atoms with E-state index in [0.717, 1.165) is 28.0 Å². The SMILES string of the molecule is COC(=O)[C@H](CCSC)NC(=O)c1ccc(/C=C/c2cccnc2)cc1-c1ccccc1. The van der Waals surface area contributed by atoms with Crippen molar-refractivity contribution in [3.8, 4) is 11.1 Å². The highest BCUT2D eigenvalue weighted by Crippen LogP contribution is 2.26. The van der Waals surface area contributed by atoms with E-state index in [9.17, 15) is 9.59 Å². The predicted octanol–water partition coefficient (Wildman–Crippen LogP) is 4.94. The Labute approximate surface area is 192 Å². The Morgan fingerprint density at radius 3 is 2.53 bits per heavy atom. The van der Waals surface area contributed by atoms with Gasteiger partial charge in [0, 0.05) is 18.0 Å². The van der Waals surface area contributed by atoms with E-state index in [1.807, 2.05) is 73.0 Å². The molecule has 32 heavy (non-hydrogen) atoms. The number of carbonyl (C=O) groups is 2. The number of ether oxygens (including phenoxy) is 1. The second kappa shape index (κ2) is 11.9. The predicted molar refractivity (Wildman–Crippen MR) is 131 cm³/mol. The second-order valence-corrected chi connectivity index (χ2v) is 8.11. The van der Waals surface area contributed by atoms with Crippen molar-refractivity contribution in [2.75, 3.05) is 19.1 Å². The molecular formula is C26H26N2O3S. The van der Waals surface area contributed by atoms with Crippen LogP contribution in [0.25, 0.3) is 23.3 Å². The number of pyridine rings is 1. The van der Waals surface area contributed by atoms with Gasteiger partial charge in [-0.15, -0.1) is 0 Å². The van der Waals surface area contributed by atoms with Crippen molar-refractivity contribution in [3.05, 3.63) is 89.7 Å². The second-order valence-electron chi connectivity index (χ2n) is 7.12. The van der Waals surface area contributed by atoms with Crippen molar-refractivity contribution in [2.45, 2.75) is 12.5 Å². The summed E-state index contributed by atoms with van der Waals surface area (Å²) in [5, 5.41) is 2.85. The van der Waals surface area contributed by atoms with E-state index < -0.39 is 12.0 Å². The topological polar surface area (TPSA) is 68.3 Å². The van der Waals surface area contributed by atoms with E-state index in [1.165, 1.54) is 7.11 Å². The van der Waals surface area contributed by atoms with Gasteiger partial charge in [-0.2, -0.15) is 11.8 Å². The summed E-state index contributed by atoms with van der Waals surface area (Å²) in [6, 6.07) is 18.6. The third-order valence-electron chi connectivity index (χ3n) is 4.93. The van der Waals surface area contributed by atoms with Crippen LogP contribution in [0.2, 0.25) is 0 Å². The summed E-state index contributed by atoms with van der Waals surface area (Å²) in [6.45, 7) is 0. The van der Waals surface area contributed by atoms with Gasteiger partial charge in [0.2, 0.25) is 0 Å². The molecule has 164 valence electrons. The fraction of sp³-hybridized carbons (Fsp3) is 0.192. The molecule has 0 radical (unpaired) electrons. The molecule has 0 aliphatic rings. The first kappa shape index (κ1) is 23.3. The fourth-order valence-electron chi connectivity index (χ4n) is 3.25. The summed E-state index contributed by atoms with van der Waals surface area (Å²) in [4.78, 5) is 29.5. The van der Waals surface area contributed by atoms with E-state index in [-0.39, 0.29) is 5.91 Å². The Balaban J connectivity index is 1.93. The van der Waals surface area contributed by atoms with Gasteiger partial charge in [0.05, 0.1) is 7.11 Å². The average Bonchev–Trinajstić information content (AvgIpc) is 2.85. The largest absolute Gasteiger partial charge is 0.467 e. The molecule has 6 heteroatoms. The molecule has 0 fully saturated rings. The van der Waals surface area contributed by atoms with Gasteiger partial charge in [0.15, 0.2) is 0 Å². The molecule has 1 N–H and O–H groups in total. The van der Waals surface area contributed by atoms with Crippen LogP contribution in [0.3, 0.4) is 0 Å². The van der Waals surface area contributed by atoms with E-state index in [4.69, 9.17) is 4.74 Å². The lowest BCUT2D eigenvalue weighted by Gasteiger charge is -2.18. The van der Waals surface area contributed by atoms with E-state index >= 15 is 0 Å². The highest BCUT2D eigenvalue weighted by atomic mass is 32.2. The summed E-state index contributed by atoms with van der Waals surface area (Å²) < 4.78 is 4.88. The molecule has 0 unspecified atom stereocenters. The molecule has 0 aliphatic heterocycles. The lowest BCUT2D eigenvalue weighted by atomic mass is 9.96. The van der Waals surface area contributed by atoms with Crippen molar-refractivity contribution in [1.29, 1.82) is 0 Å². The van der Waals surface area contributed by atoms with Crippen LogP contribution in [0.1, 0.15) is 27.9 Å². The lowest BCUT2D eigenvalue weighted by molar-refractivity contribution is -0.142. The normalized spacial score (nSPS) is 11.8. The number of nitrogens with zero attached hydrogens (tertiary/aromatic N) is 1. The number of aromatic nitrogens is 1. The smallest absolute Gasteiger partial charge is 0.328 e. The van der Waals surface area contributed by atoms with Gasteiger partial charge in [0.1, 0.15) is 6.04 Å². The highest BCUT2D eigenvalue weighted by molar-refractivity contribution is 7.98. The minimum atomic E-state index is -0.686. The minimum absolute atomic E-state index is 0.303. The fourth-order valence-corrected chi connectivity index (χ4v) is 3.72. The van der Waals surface area contributed by atoms with Crippen LogP contribution < -0.4 is 5.32 Å². The molecule has 0 saturated carbocycles. The van der Waals surface area contributed by atoms with Gasteiger partial charge in [0.25, 0.3) is 5.91 Å². The first-order valence-corrected chi connectivity index (χ1v) is 11.7. The van der Waals surface area contributed by atoms with Crippen LogP contribution in [0.15, 0.2) is 73.1 Å². The number of amides is 1. The zero-order valence-electron chi connectivity index (χ0n) is 18.2. The number of hydrogen-bond acceptors (Lipinski definition) is 5. The zero-order valence-corrected chi connectivity index (χ0v) is 19.0. The maximum absolute atomic E-state index is 13.2. The van der Waals surface area contributed by atoms with Crippen molar-refractivity contribution in [1.82, 2.24) is 10.3 Å². The number of methoxy groups -OCH3 is 1. The zero-order chi connectivity index (χ0) is 22.8. The molecule has 0 aliphatic carbocycles. The average molecular weight is 447 g/mol. The molecule has 1 aromatic heterocycles. The summed E-state index contributed by atoms with van der Waals surface area (Å²) in [6.07, 6.45) is 9.96. The quantitative estimate of drug-likeness (QED) is 0.472. The Hall–Kier alpha value is -3.38. The van der Waals surface area contributed by atoms with Gasteiger partial charge in [-0.25, -0.2) is 4.79 Å². The Morgan fingerprint density at radius 1 is 1.06 bits per heavy atom. The van der Waals surface area contributed by atoms with Crippen LogP contribution in [0, 0.1) is 0 Å². The molecule has 3 rings (SSSR count). The number of carbonyl (C=O) groups excluding carboxylic acids is 2. The van der Waals surface area contributed by atoms with E-state index in [2.05, 4.69) is 10.3 Å². The molecule has 1 heterocycles. The minimum Gasteiger partial charge on any atom is -0.467 e. The number of nitrogens with one attached hydrogen (secondary N) is 1. The van der Waals surface area contributed by atoms with Crippen LogP contribution in [-0.4, -0.2) is 42.0 Å². The molecule has 3 aromatic rings. The number of rotatable bonds is 9. The molecule has 0 saturated heterocycles. The van der Waals surface area contributed by atoms with Gasteiger partial charge in [-0.3, -0.25) is 9.78 Å². The number of hydrogen-bond donors (Lipinski definition) is 1. The first-order chi connectivity index (χ1) is 15.6.